The highest BCUT2D eigenvalue weighted by molar-refractivity contribution is 7.85. The zero-order valence-electron chi connectivity index (χ0n) is 8.77. The fraction of sp³-hybridized carbons (Fsp3) is 0.364. The van der Waals surface area contributed by atoms with Gasteiger partial charge in [0.15, 0.2) is 0 Å². The van der Waals surface area contributed by atoms with E-state index in [2.05, 4.69) is 0 Å². The van der Waals surface area contributed by atoms with Crippen LogP contribution in [0.4, 0.5) is 0 Å². The first-order chi connectivity index (χ1) is 7.19. The largest absolute Gasteiger partial charge is 0.497 e. The minimum atomic E-state index is -1.12. The predicted octanol–water partition coefficient (Wildman–Crippen LogP) is 2.10. The molecule has 0 aliphatic heterocycles. The van der Waals surface area contributed by atoms with Gasteiger partial charge in [-0.25, -0.2) is 0 Å². The maximum Gasteiger partial charge on any atom is 0.118 e. The molecule has 1 aromatic carbocycles. The number of nitriles is 1. The summed E-state index contributed by atoms with van der Waals surface area (Å²) in [4.78, 5) is 0.735. The minimum absolute atomic E-state index is 0.136. The van der Waals surface area contributed by atoms with Crippen LogP contribution in [0.5, 0.6) is 5.75 Å². The third-order valence-electron chi connectivity index (χ3n) is 2.04. The van der Waals surface area contributed by atoms with E-state index in [-0.39, 0.29) is 5.25 Å². The molecule has 2 atom stereocenters. The molecule has 0 aliphatic carbocycles. The Balaban J connectivity index is 2.79. The Hall–Kier alpha value is -1.34. The van der Waals surface area contributed by atoms with E-state index in [1.165, 1.54) is 0 Å². The van der Waals surface area contributed by atoms with E-state index in [1.54, 1.807) is 31.4 Å². The van der Waals surface area contributed by atoms with Gasteiger partial charge in [-0.15, -0.1) is 0 Å². The summed E-state index contributed by atoms with van der Waals surface area (Å²) in [6.45, 7) is 1.81. The molecule has 0 radical (unpaired) electrons. The molecule has 0 saturated carbocycles. The van der Waals surface area contributed by atoms with Crippen LogP contribution in [0.3, 0.4) is 0 Å². The number of benzene rings is 1. The maximum atomic E-state index is 11.9. The fourth-order valence-corrected chi connectivity index (χ4v) is 2.24. The number of rotatable bonds is 4. The molecule has 0 bridgehead atoms. The molecule has 80 valence electrons. The lowest BCUT2D eigenvalue weighted by Gasteiger charge is -2.07. The average Bonchev–Trinajstić information content (AvgIpc) is 2.28. The summed E-state index contributed by atoms with van der Waals surface area (Å²) in [6.07, 6.45) is 0.304. The molecule has 4 heteroatoms. The van der Waals surface area contributed by atoms with Crippen molar-refractivity contribution in [3.63, 3.8) is 0 Å². The highest BCUT2D eigenvalue weighted by atomic mass is 32.2. The van der Waals surface area contributed by atoms with Crippen LogP contribution in [0.1, 0.15) is 13.3 Å². The molecule has 2 unspecified atom stereocenters. The van der Waals surface area contributed by atoms with Crippen molar-refractivity contribution in [3.8, 4) is 11.8 Å². The maximum absolute atomic E-state index is 11.9. The molecule has 15 heavy (non-hydrogen) atoms. The zero-order chi connectivity index (χ0) is 11.3. The van der Waals surface area contributed by atoms with Gasteiger partial charge in [-0.2, -0.15) is 5.26 Å². The lowest BCUT2D eigenvalue weighted by Crippen LogP contribution is -2.09. The zero-order valence-corrected chi connectivity index (χ0v) is 9.58. The molecule has 3 nitrogen and oxygen atoms in total. The summed E-state index contributed by atoms with van der Waals surface area (Å²) in [5, 5.41) is 8.37. The van der Waals surface area contributed by atoms with Gasteiger partial charge >= 0.3 is 0 Å². The molecular formula is C11H13NO2S. The van der Waals surface area contributed by atoms with Crippen LogP contribution in [-0.4, -0.2) is 16.6 Å². The smallest absolute Gasteiger partial charge is 0.118 e. The first kappa shape index (κ1) is 11.7. The Kier molecular flexibility index (Phi) is 4.32. The second-order valence-electron chi connectivity index (χ2n) is 3.15. The number of hydrogen-bond acceptors (Lipinski definition) is 3. The summed E-state index contributed by atoms with van der Waals surface area (Å²) in [6, 6.07) is 9.10. The van der Waals surface area contributed by atoms with Crippen molar-refractivity contribution >= 4 is 10.8 Å². The van der Waals surface area contributed by atoms with Crippen molar-refractivity contribution in [3.05, 3.63) is 24.3 Å². The lowest BCUT2D eigenvalue weighted by molar-refractivity contribution is 0.414. The van der Waals surface area contributed by atoms with Gasteiger partial charge < -0.3 is 4.74 Å². The van der Waals surface area contributed by atoms with Crippen LogP contribution >= 0.6 is 0 Å². The fourth-order valence-electron chi connectivity index (χ4n) is 1.15. The molecule has 0 heterocycles. The molecule has 0 fully saturated rings. The van der Waals surface area contributed by atoms with Crippen molar-refractivity contribution in [1.29, 1.82) is 5.26 Å². The normalized spacial score (nSPS) is 13.9. The number of ether oxygens (including phenoxy) is 1. The van der Waals surface area contributed by atoms with Gasteiger partial charge in [0.25, 0.3) is 0 Å². The van der Waals surface area contributed by atoms with Gasteiger partial charge in [-0.3, -0.25) is 4.21 Å². The molecule has 1 aromatic rings. The molecule has 0 spiro atoms. The topological polar surface area (TPSA) is 50.1 Å². The number of methoxy groups -OCH3 is 1. The summed E-state index contributed by atoms with van der Waals surface area (Å²) < 4.78 is 16.9. The molecule has 0 aliphatic rings. The molecule has 0 aromatic heterocycles. The third kappa shape index (κ3) is 3.07. The quantitative estimate of drug-likeness (QED) is 0.785. The standard InChI is InChI=1S/C11H13NO2S/c1-9(7-8-12)15(13)11-5-3-10(14-2)4-6-11/h3-6,9H,7H2,1-2H3. The highest BCUT2D eigenvalue weighted by Crippen LogP contribution is 2.17. The SMILES string of the molecule is COc1ccc(S(=O)C(C)CC#N)cc1. The van der Waals surface area contributed by atoms with Crippen molar-refractivity contribution < 1.29 is 8.95 Å². The van der Waals surface area contributed by atoms with E-state index in [0.717, 1.165) is 10.6 Å². The van der Waals surface area contributed by atoms with E-state index >= 15 is 0 Å². The summed E-state index contributed by atoms with van der Waals surface area (Å²) >= 11 is 0. The average molecular weight is 223 g/mol. The van der Waals surface area contributed by atoms with Crippen LogP contribution in [0.25, 0.3) is 0 Å². The molecular weight excluding hydrogens is 210 g/mol. The van der Waals surface area contributed by atoms with Crippen LogP contribution in [-0.2, 0) is 10.8 Å². The van der Waals surface area contributed by atoms with Gasteiger partial charge in [0, 0.05) is 16.6 Å². The van der Waals surface area contributed by atoms with Crippen molar-refractivity contribution in [2.24, 2.45) is 0 Å². The van der Waals surface area contributed by atoms with Crippen LogP contribution < -0.4 is 4.74 Å². The van der Waals surface area contributed by atoms with Gasteiger partial charge in [0.05, 0.1) is 24.0 Å². The summed E-state index contributed by atoms with van der Waals surface area (Å²) in [5.74, 6) is 0.740. The summed E-state index contributed by atoms with van der Waals surface area (Å²) in [5.41, 5.74) is 0. The molecule has 1 rings (SSSR count). The Morgan fingerprint density at radius 1 is 1.47 bits per heavy atom. The van der Waals surface area contributed by atoms with Gasteiger partial charge in [-0.1, -0.05) is 0 Å². The highest BCUT2D eigenvalue weighted by Gasteiger charge is 2.12. The Morgan fingerprint density at radius 3 is 2.53 bits per heavy atom. The number of hydrogen-bond donors (Lipinski definition) is 0. The number of nitrogens with zero attached hydrogens (tertiary/aromatic N) is 1. The van der Waals surface area contributed by atoms with Gasteiger partial charge in [0.2, 0.25) is 0 Å². The van der Waals surface area contributed by atoms with E-state index in [9.17, 15) is 4.21 Å². The van der Waals surface area contributed by atoms with Crippen LogP contribution in [0.2, 0.25) is 0 Å². The Bertz CT molecular complexity index is 381. The second-order valence-corrected chi connectivity index (χ2v) is 5.02. The Labute approximate surface area is 92.1 Å². The minimum Gasteiger partial charge on any atom is -0.497 e. The lowest BCUT2D eigenvalue weighted by atomic mass is 10.3. The van der Waals surface area contributed by atoms with Crippen molar-refractivity contribution in [2.45, 2.75) is 23.5 Å². The Morgan fingerprint density at radius 2 is 2.07 bits per heavy atom. The molecule has 0 saturated heterocycles. The predicted molar refractivity (Wildman–Crippen MR) is 59.1 cm³/mol. The van der Waals surface area contributed by atoms with Crippen molar-refractivity contribution in [1.82, 2.24) is 0 Å². The first-order valence-corrected chi connectivity index (χ1v) is 5.82. The van der Waals surface area contributed by atoms with Crippen LogP contribution in [0, 0.1) is 11.3 Å². The van der Waals surface area contributed by atoms with Crippen molar-refractivity contribution in [2.75, 3.05) is 7.11 Å². The van der Waals surface area contributed by atoms with E-state index < -0.39 is 10.8 Å². The summed E-state index contributed by atoms with van der Waals surface area (Å²) in [7, 11) is 0.471. The first-order valence-electron chi connectivity index (χ1n) is 4.60. The van der Waals surface area contributed by atoms with Gasteiger partial charge in [0.1, 0.15) is 5.75 Å². The van der Waals surface area contributed by atoms with E-state index in [0.29, 0.717) is 6.42 Å². The third-order valence-corrected chi connectivity index (χ3v) is 3.67. The molecule has 0 N–H and O–H groups in total. The van der Waals surface area contributed by atoms with E-state index in [4.69, 9.17) is 10.00 Å². The van der Waals surface area contributed by atoms with Gasteiger partial charge in [-0.05, 0) is 31.2 Å². The second kappa shape index (κ2) is 5.52. The van der Waals surface area contributed by atoms with E-state index in [1.807, 2.05) is 13.0 Å². The van der Waals surface area contributed by atoms with Crippen LogP contribution in [0.15, 0.2) is 29.2 Å². The monoisotopic (exact) mass is 223 g/mol. The molecule has 0 amide bonds.